The third kappa shape index (κ3) is 7.06. The number of benzene rings is 3. The number of carboxylic acid groups (broad SMARTS) is 1. The molecule has 0 aliphatic rings. The maximum absolute atomic E-state index is 12.4. The van der Waals surface area contributed by atoms with Gasteiger partial charge in [-0.1, -0.05) is 12.1 Å². The van der Waals surface area contributed by atoms with Crippen LogP contribution in [0.3, 0.4) is 0 Å². The van der Waals surface area contributed by atoms with Crippen molar-refractivity contribution in [3.63, 3.8) is 0 Å². The van der Waals surface area contributed by atoms with Gasteiger partial charge in [-0.15, -0.1) is 0 Å². The van der Waals surface area contributed by atoms with Crippen LogP contribution in [0.25, 0.3) is 0 Å². The van der Waals surface area contributed by atoms with Gasteiger partial charge in [0.2, 0.25) is 0 Å². The van der Waals surface area contributed by atoms with Crippen molar-refractivity contribution in [1.82, 2.24) is 5.43 Å². The van der Waals surface area contributed by atoms with E-state index in [0.29, 0.717) is 43.9 Å². The number of hydrogen-bond acceptors (Lipinski definition) is 6. The Morgan fingerprint density at radius 2 is 1.63 bits per heavy atom. The highest BCUT2D eigenvalue weighted by molar-refractivity contribution is 9.11. The summed E-state index contributed by atoms with van der Waals surface area (Å²) in [6.45, 7) is 2.61. The molecule has 1 amide bonds. The fourth-order valence-electron chi connectivity index (χ4n) is 3.00. The molecular weight excluding hydrogens is 584 g/mol. The zero-order chi connectivity index (χ0) is 25.4. The summed E-state index contributed by atoms with van der Waals surface area (Å²) in [5.74, 6) is 0.231. The second-order valence-electron chi connectivity index (χ2n) is 7.10. The second kappa shape index (κ2) is 12.4. The highest BCUT2D eigenvalue weighted by Gasteiger charge is 2.12. The number of ether oxygens (including phenoxy) is 3. The Bertz CT molecular complexity index is 1220. The lowest BCUT2D eigenvalue weighted by atomic mass is 10.1. The number of aromatic carboxylic acids is 1. The fraction of sp³-hybridized carbons (Fsp3) is 0.160. The van der Waals surface area contributed by atoms with Crippen molar-refractivity contribution in [3.8, 4) is 17.2 Å². The molecule has 0 saturated heterocycles. The van der Waals surface area contributed by atoms with Crippen molar-refractivity contribution < 1.29 is 28.9 Å². The molecule has 2 N–H and O–H groups in total. The molecule has 3 aromatic rings. The summed E-state index contributed by atoms with van der Waals surface area (Å²) in [6.07, 6.45) is 1.51. The maximum atomic E-state index is 12.4. The first-order valence-electron chi connectivity index (χ1n) is 10.4. The van der Waals surface area contributed by atoms with E-state index in [4.69, 9.17) is 19.3 Å². The minimum Gasteiger partial charge on any atom is -0.493 e. The Hall–Kier alpha value is -3.37. The summed E-state index contributed by atoms with van der Waals surface area (Å²) < 4.78 is 18.0. The summed E-state index contributed by atoms with van der Waals surface area (Å²) in [4.78, 5) is 23.4. The normalized spacial score (nSPS) is 10.7. The minimum absolute atomic E-state index is 0.216. The number of carbonyl (C=O) groups is 2. The summed E-state index contributed by atoms with van der Waals surface area (Å²) in [5, 5.41) is 13.0. The van der Waals surface area contributed by atoms with Gasteiger partial charge in [-0.05, 0) is 92.4 Å². The standard InChI is InChI=1S/C25H22Br2N2O6/c1-3-34-21-9-8-18(12-22(21)33-2)24(30)29-28-13-16-10-19(26)23(20(27)11-16)35-14-15-4-6-17(7-5-15)25(31)32/h4-13H,3,14H2,1-2H3,(H,29,30)(H,31,32)/b28-13+. The number of hydrazone groups is 1. The number of carbonyl (C=O) groups excluding carboxylic acids is 1. The van der Waals surface area contributed by atoms with E-state index in [2.05, 4.69) is 42.4 Å². The van der Waals surface area contributed by atoms with Crippen molar-refractivity contribution in [3.05, 3.63) is 85.8 Å². The number of methoxy groups -OCH3 is 1. The van der Waals surface area contributed by atoms with Gasteiger partial charge in [0.1, 0.15) is 12.4 Å². The zero-order valence-electron chi connectivity index (χ0n) is 18.9. The van der Waals surface area contributed by atoms with Gasteiger partial charge in [-0.3, -0.25) is 4.79 Å². The molecule has 0 aliphatic carbocycles. The molecule has 10 heteroatoms. The van der Waals surface area contributed by atoms with Gasteiger partial charge >= 0.3 is 5.97 Å². The van der Waals surface area contributed by atoms with Crippen LogP contribution >= 0.6 is 31.9 Å². The number of nitrogens with one attached hydrogen (secondary N) is 1. The van der Waals surface area contributed by atoms with E-state index in [9.17, 15) is 9.59 Å². The Morgan fingerprint density at radius 1 is 0.971 bits per heavy atom. The average molecular weight is 606 g/mol. The molecule has 0 bridgehead atoms. The van der Waals surface area contributed by atoms with E-state index in [0.717, 1.165) is 5.56 Å². The monoisotopic (exact) mass is 604 g/mol. The third-order valence-corrected chi connectivity index (χ3v) is 5.89. The molecule has 0 aromatic heterocycles. The van der Waals surface area contributed by atoms with Crippen LogP contribution in [0.4, 0.5) is 0 Å². The molecular formula is C25H22Br2N2O6. The highest BCUT2D eigenvalue weighted by atomic mass is 79.9. The lowest BCUT2D eigenvalue weighted by Gasteiger charge is -2.12. The number of rotatable bonds is 10. The Kier molecular flexibility index (Phi) is 9.27. The van der Waals surface area contributed by atoms with Gasteiger partial charge in [-0.2, -0.15) is 5.10 Å². The average Bonchev–Trinajstić information content (AvgIpc) is 2.84. The van der Waals surface area contributed by atoms with E-state index in [1.54, 1.807) is 42.5 Å². The predicted molar refractivity (Wildman–Crippen MR) is 139 cm³/mol. The summed E-state index contributed by atoms with van der Waals surface area (Å²) in [6, 6.07) is 15.0. The van der Waals surface area contributed by atoms with Crippen LogP contribution in [0.5, 0.6) is 17.2 Å². The van der Waals surface area contributed by atoms with E-state index < -0.39 is 11.9 Å². The largest absolute Gasteiger partial charge is 0.493 e. The molecule has 0 saturated carbocycles. The zero-order valence-corrected chi connectivity index (χ0v) is 22.1. The molecule has 0 spiro atoms. The number of halogens is 2. The lowest BCUT2D eigenvalue weighted by molar-refractivity contribution is 0.0696. The van der Waals surface area contributed by atoms with Gasteiger partial charge in [0.15, 0.2) is 11.5 Å². The predicted octanol–water partition coefficient (Wildman–Crippen LogP) is 5.66. The van der Waals surface area contributed by atoms with Crippen molar-refractivity contribution in [2.75, 3.05) is 13.7 Å². The van der Waals surface area contributed by atoms with Gasteiger partial charge < -0.3 is 19.3 Å². The molecule has 0 aliphatic heterocycles. The molecule has 35 heavy (non-hydrogen) atoms. The van der Waals surface area contributed by atoms with E-state index in [-0.39, 0.29) is 12.2 Å². The molecule has 8 nitrogen and oxygen atoms in total. The molecule has 0 atom stereocenters. The number of amides is 1. The van der Waals surface area contributed by atoms with Crippen LogP contribution in [0.2, 0.25) is 0 Å². The Balaban J connectivity index is 1.63. The van der Waals surface area contributed by atoms with E-state index >= 15 is 0 Å². The number of hydrogen-bond donors (Lipinski definition) is 2. The van der Waals surface area contributed by atoms with E-state index in [1.807, 2.05) is 6.92 Å². The molecule has 0 fully saturated rings. The van der Waals surface area contributed by atoms with Gasteiger partial charge in [0.25, 0.3) is 5.91 Å². The first kappa shape index (κ1) is 26.2. The van der Waals surface area contributed by atoms with Gasteiger partial charge in [0, 0.05) is 5.56 Å². The topological polar surface area (TPSA) is 106 Å². The van der Waals surface area contributed by atoms with Crippen molar-refractivity contribution in [2.24, 2.45) is 5.10 Å². The summed E-state index contributed by atoms with van der Waals surface area (Å²) in [5.41, 5.74) is 4.63. The smallest absolute Gasteiger partial charge is 0.335 e. The van der Waals surface area contributed by atoms with Crippen LogP contribution in [0.15, 0.2) is 68.6 Å². The molecule has 0 unspecified atom stereocenters. The SMILES string of the molecule is CCOc1ccc(C(=O)N/N=C/c2cc(Br)c(OCc3ccc(C(=O)O)cc3)c(Br)c2)cc1OC. The molecule has 3 aromatic carbocycles. The highest BCUT2D eigenvalue weighted by Crippen LogP contribution is 2.35. The summed E-state index contributed by atoms with van der Waals surface area (Å²) >= 11 is 6.98. The number of nitrogens with zero attached hydrogens (tertiary/aromatic N) is 1. The Morgan fingerprint density at radius 3 is 2.23 bits per heavy atom. The van der Waals surface area contributed by atoms with Crippen molar-refractivity contribution >= 4 is 50.0 Å². The molecule has 0 radical (unpaired) electrons. The Labute approximate surface area is 219 Å². The van der Waals surface area contributed by atoms with Crippen LogP contribution in [-0.4, -0.2) is 36.9 Å². The lowest BCUT2D eigenvalue weighted by Crippen LogP contribution is -2.17. The van der Waals surface area contributed by atoms with E-state index in [1.165, 1.54) is 25.5 Å². The van der Waals surface area contributed by atoms with Crippen molar-refractivity contribution in [2.45, 2.75) is 13.5 Å². The fourth-order valence-corrected chi connectivity index (χ4v) is 4.46. The minimum atomic E-state index is -0.976. The van der Waals surface area contributed by atoms with Gasteiger partial charge in [-0.25, -0.2) is 10.2 Å². The molecule has 182 valence electrons. The third-order valence-electron chi connectivity index (χ3n) is 4.71. The molecule has 3 rings (SSSR count). The summed E-state index contributed by atoms with van der Waals surface area (Å²) in [7, 11) is 1.51. The first-order valence-corrected chi connectivity index (χ1v) is 12.0. The second-order valence-corrected chi connectivity index (χ2v) is 8.81. The van der Waals surface area contributed by atoms with Crippen LogP contribution in [0, 0.1) is 0 Å². The van der Waals surface area contributed by atoms with Crippen LogP contribution in [0.1, 0.15) is 38.8 Å². The van der Waals surface area contributed by atoms with Crippen LogP contribution < -0.4 is 19.6 Å². The van der Waals surface area contributed by atoms with Gasteiger partial charge in [0.05, 0.1) is 34.4 Å². The first-order chi connectivity index (χ1) is 16.8. The quantitative estimate of drug-likeness (QED) is 0.228. The molecule has 0 heterocycles. The number of carboxylic acids is 1. The van der Waals surface area contributed by atoms with Crippen molar-refractivity contribution in [1.29, 1.82) is 0 Å². The van der Waals surface area contributed by atoms with Crippen LogP contribution in [-0.2, 0) is 6.61 Å². The maximum Gasteiger partial charge on any atom is 0.335 e.